The van der Waals surface area contributed by atoms with E-state index in [-0.39, 0.29) is 28.9 Å². The number of nitrogens with one attached hydrogen (secondary N) is 1. The Labute approximate surface area is 198 Å². The summed E-state index contributed by atoms with van der Waals surface area (Å²) in [4.78, 5) is 37.6. The number of rotatable bonds is 5. The number of methoxy groups -OCH3 is 1. The highest BCUT2D eigenvalue weighted by Crippen LogP contribution is 2.36. The normalized spacial score (nSPS) is 11.3. The molecule has 0 unspecified atom stereocenters. The Bertz CT molecular complexity index is 1380. The zero-order chi connectivity index (χ0) is 26.1. The zero-order valence-electron chi connectivity index (χ0n) is 19.6. The van der Waals surface area contributed by atoms with Crippen LogP contribution in [0.25, 0.3) is 16.6 Å². The first-order valence-corrected chi connectivity index (χ1v) is 10.5. The van der Waals surface area contributed by atoms with Gasteiger partial charge in [-0.1, -0.05) is 0 Å². The lowest BCUT2D eigenvalue weighted by atomic mass is 10.1. The van der Waals surface area contributed by atoms with Gasteiger partial charge in [0.2, 0.25) is 5.43 Å². The van der Waals surface area contributed by atoms with Crippen molar-refractivity contribution in [1.29, 1.82) is 0 Å². The SMILES string of the molecule is CCOC(=O)c1cn(-c2ccc(F)c(NC(=O)OC(C)(C)C)c2OC)c2cc(F)c(F)cc2c1=O. The van der Waals surface area contributed by atoms with Gasteiger partial charge < -0.3 is 18.8 Å². The molecule has 3 rings (SSSR count). The minimum absolute atomic E-state index is 0.00140. The molecule has 1 heterocycles. The fourth-order valence-corrected chi connectivity index (χ4v) is 3.34. The molecule has 0 fully saturated rings. The van der Waals surface area contributed by atoms with Gasteiger partial charge >= 0.3 is 12.1 Å². The number of pyridine rings is 1. The van der Waals surface area contributed by atoms with Crippen LogP contribution in [0.1, 0.15) is 38.1 Å². The van der Waals surface area contributed by atoms with Crippen LogP contribution in [-0.2, 0) is 9.47 Å². The van der Waals surface area contributed by atoms with Crippen LogP contribution >= 0.6 is 0 Å². The Kier molecular flexibility index (Phi) is 7.09. The van der Waals surface area contributed by atoms with E-state index in [1.165, 1.54) is 20.1 Å². The van der Waals surface area contributed by atoms with E-state index in [1.54, 1.807) is 20.8 Å². The van der Waals surface area contributed by atoms with Crippen LogP contribution in [0.15, 0.2) is 35.3 Å². The van der Waals surface area contributed by atoms with E-state index in [0.717, 1.165) is 22.9 Å². The first-order valence-electron chi connectivity index (χ1n) is 10.5. The third-order valence-corrected chi connectivity index (χ3v) is 4.72. The lowest BCUT2D eigenvalue weighted by molar-refractivity contribution is 0.0523. The quantitative estimate of drug-likeness (QED) is 0.507. The molecule has 0 aliphatic carbocycles. The van der Waals surface area contributed by atoms with Gasteiger partial charge in [0.15, 0.2) is 23.2 Å². The summed E-state index contributed by atoms with van der Waals surface area (Å²) in [5.74, 6) is -4.68. The standard InChI is InChI=1S/C24H23F3N2O6/c1-6-34-22(31)13-11-29(18-10-16(27)15(26)9-12(18)20(13)30)17-8-7-14(25)19(21(17)33-5)28-23(32)35-24(2,3)4/h7-11H,6H2,1-5H3,(H,28,32). The van der Waals surface area contributed by atoms with Crippen molar-refractivity contribution in [2.24, 2.45) is 0 Å². The molecule has 3 aromatic rings. The number of ether oxygens (including phenoxy) is 3. The number of fused-ring (bicyclic) bond motifs is 1. The Morgan fingerprint density at radius 3 is 2.31 bits per heavy atom. The van der Waals surface area contributed by atoms with Crippen molar-refractivity contribution in [3.63, 3.8) is 0 Å². The number of anilines is 1. The number of hydrogen-bond acceptors (Lipinski definition) is 6. The Morgan fingerprint density at radius 2 is 1.71 bits per heavy atom. The van der Waals surface area contributed by atoms with Gasteiger partial charge in [-0.15, -0.1) is 0 Å². The summed E-state index contributed by atoms with van der Waals surface area (Å²) in [5, 5.41) is 1.94. The summed E-state index contributed by atoms with van der Waals surface area (Å²) in [5.41, 5.74) is -2.79. The van der Waals surface area contributed by atoms with Crippen molar-refractivity contribution in [2.75, 3.05) is 19.0 Å². The number of esters is 1. The Hall–Kier alpha value is -4.02. The number of benzene rings is 2. The molecule has 11 heteroatoms. The molecule has 0 spiro atoms. The Morgan fingerprint density at radius 1 is 1.06 bits per heavy atom. The summed E-state index contributed by atoms with van der Waals surface area (Å²) < 4.78 is 59.5. The lowest BCUT2D eigenvalue weighted by Crippen LogP contribution is -2.27. The zero-order valence-corrected chi connectivity index (χ0v) is 19.6. The molecule has 0 atom stereocenters. The van der Waals surface area contributed by atoms with E-state index in [9.17, 15) is 27.6 Å². The van der Waals surface area contributed by atoms with E-state index in [0.29, 0.717) is 6.07 Å². The van der Waals surface area contributed by atoms with E-state index in [2.05, 4.69) is 5.32 Å². The van der Waals surface area contributed by atoms with Crippen LogP contribution in [0.2, 0.25) is 0 Å². The van der Waals surface area contributed by atoms with Crippen molar-refractivity contribution < 1.29 is 37.0 Å². The summed E-state index contributed by atoms with van der Waals surface area (Å²) in [6, 6.07) is 3.61. The van der Waals surface area contributed by atoms with Crippen LogP contribution < -0.4 is 15.5 Å². The number of nitrogens with zero attached hydrogens (tertiary/aromatic N) is 1. The van der Waals surface area contributed by atoms with Crippen LogP contribution in [0.3, 0.4) is 0 Å². The third-order valence-electron chi connectivity index (χ3n) is 4.72. The van der Waals surface area contributed by atoms with Crippen LogP contribution in [0.4, 0.5) is 23.7 Å². The maximum Gasteiger partial charge on any atom is 0.412 e. The number of carbonyl (C=O) groups excluding carboxylic acids is 2. The highest BCUT2D eigenvalue weighted by Gasteiger charge is 2.25. The van der Waals surface area contributed by atoms with Gasteiger partial charge in [-0.2, -0.15) is 0 Å². The van der Waals surface area contributed by atoms with E-state index >= 15 is 0 Å². The van der Waals surface area contributed by atoms with Gasteiger partial charge in [0, 0.05) is 12.3 Å². The molecule has 2 aromatic carbocycles. The second kappa shape index (κ2) is 9.69. The molecule has 0 saturated heterocycles. The predicted octanol–water partition coefficient (Wildman–Crippen LogP) is 4.94. The van der Waals surface area contributed by atoms with Gasteiger partial charge in [0.05, 0.1) is 30.3 Å². The van der Waals surface area contributed by atoms with Gasteiger partial charge in [-0.05, 0) is 45.9 Å². The molecule has 0 radical (unpaired) electrons. The van der Waals surface area contributed by atoms with Crippen molar-refractivity contribution in [2.45, 2.75) is 33.3 Å². The number of halogens is 3. The molecule has 1 N–H and O–H groups in total. The average Bonchev–Trinajstić information content (AvgIpc) is 2.76. The second-order valence-corrected chi connectivity index (χ2v) is 8.35. The molecule has 0 bridgehead atoms. The minimum atomic E-state index is -1.31. The molecule has 8 nitrogen and oxygen atoms in total. The molecular formula is C24H23F3N2O6. The topological polar surface area (TPSA) is 95.9 Å². The first kappa shape index (κ1) is 25.6. The molecule has 1 amide bonds. The number of aromatic nitrogens is 1. The highest BCUT2D eigenvalue weighted by molar-refractivity contribution is 5.95. The van der Waals surface area contributed by atoms with Gasteiger partial charge in [0.1, 0.15) is 16.9 Å². The van der Waals surface area contributed by atoms with Gasteiger partial charge in [0.25, 0.3) is 0 Å². The second-order valence-electron chi connectivity index (χ2n) is 8.35. The maximum absolute atomic E-state index is 14.7. The van der Waals surface area contributed by atoms with Gasteiger partial charge in [-0.25, -0.2) is 22.8 Å². The van der Waals surface area contributed by atoms with Crippen LogP contribution in [0, 0.1) is 17.5 Å². The first-order chi connectivity index (χ1) is 16.4. The molecule has 0 saturated carbocycles. The van der Waals surface area contributed by atoms with E-state index in [1.807, 2.05) is 0 Å². The van der Waals surface area contributed by atoms with E-state index in [4.69, 9.17) is 14.2 Å². The van der Waals surface area contributed by atoms with Crippen molar-refractivity contribution in [3.8, 4) is 11.4 Å². The molecule has 186 valence electrons. The molecule has 35 heavy (non-hydrogen) atoms. The van der Waals surface area contributed by atoms with Crippen molar-refractivity contribution in [1.82, 2.24) is 4.57 Å². The van der Waals surface area contributed by atoms with Crippen molar-refractivity contribution >= 4 is 28.7 Å². The smallest absolute Gasteiger partial charge is 0.412 e. The Balaban J connectivity index is 2.33. The number of carbonyl (C=O) groups is 2. The third kappa shape index (κ3) is 5.23. The highest BCUT2D eigenvalue weighted by atomic mass is 19.2. The average molecular weight is 492 g/mol. The fourth-order valence-electron chi connectivity index (χ4n) is 3.34. The van der Waals surface area contributed by atoms with Crippen LogP contribution in [0.5, 0.6) is 5.75 Å². The summed E-state index contributed by atoms with van der Waals surface area (Å²) >= 11 is 0. The molecule has 1 aromatic heterocycles. The molecule has 0 aliphatic heterocycles. The molecular weight excluding hydrogens is 469 g/mol. The predicted molar refractivity (Wildman–Crippen MR) is 122 cm³/mol. The number of amides is 1. The number of hydrogen-bond donors (Lipinski definition) is 1. The van der Waals surface area contributed by atoms with Crippen molar-refractivity contribution in [3.05, 3.63) is 63.7 Å². The van der Waals surface area contributed by atoms with E-state index < -0.39 is 51.8 Å². The minimum Gasteiger partial charge on any atom is -0.492 e. The summed E-state index contributed by atoms with van der Waals surface area (Å²) in [6.07, 6.45) is 0.0736. The van der Waals surface area contributed by atoms with Crippen LogP contribution in [-0.4, -0.2) is 35.9 Å². The lowest BCUT2D eigenvalue weighted by Gasteiger charge is -2.22. The molecule has 0 aliphatic rings. The monoisotopic (exact) mass is 492 g/mol. The largest absolute Gasteiger partial charge is 0.492 e. The summed E-state index contributed by atoms with van der Waals surface area (Å²) in [7, 11) is 1.19. The van der Waals surface area contributed by atoms with Gasteiger partial charge in [-0.3, -0.25) is 10.1 Å². The fraction of sp³-hybridized carbons (Fsp3) is 0.292. The maximum atomic E-state index is 14.7. The summed E-state index contributed by atoms with van der Waals surface area (Å²) in [6.45, 7) is 6.34.